The molecule has 6 heteroatoms. The van der Waals surface area contributed by atoms with Crippen LogP contribution in [-0.2, 0) is 22.4 Å². The Bertz CT molecular complexity index is 1150. The van der Waals surface area contributed by atoms with Gasteiger partial charge < -0.3 is 19.3 Å². The average Bonchev–Trinajstić information content (AvgIpc) is 3.35. The lowest BCUT2D eigenvalue weighted by molar-refractivity contribution is -0.136. The number of ether oxygens (including phenoxy) is 2. The third kappa shape index (κ3) is 5.39. The highest BCUT2D eigenvalue weighted by atomic mass is 16.5. The molecule has 2 saturated heterocycles. The molecule has 0 N–H and O–H groups in total. The zero-order valence-corrected chi connectivity index (χ0v) is 22.1. The summed E-state index contributed by atoms with van der Waals surface area (Å²) in [5.41, 5.74) is 3.57. The van der Waals surface area contributed by atoms with E-state index in [1.54, 1.807) is 13.2 Å². The number of likely N-dealkylation sites (tertiary alicyclic amines) is 2. The van der Waals surface area contributed by atoms with Gasteiger partial charge in [-0.1, -0.05) is 30.3 Å². The number of benzene rings is 2. The van der Waals surface area contributed by atoms with Gasteiger partial charge in [-0.3, -0.25) is 9.59 Å². The minimum atomic E-state index is 0.0327. The number of hydrogen-bond donors (Lipinski definition) is 0. The molecule has 5 rings (SSSR count). The van der Waals surface area contributed by atoms with E-state index in [2.05, 4.69) is 11.0 Å². The summed E-state index contributed by atoms with van der Waals surface area (Å²) in [6.45, 7) is 5.68. The number of para-hydroxylation sites is 1. The van der Waals surface area contributed by atoms with E-state index in [1.165, 1.54) is 11.1 Å². The van der Waals surface area contributed by atoms with Crippen molar-refractivity contribution in [1.82, 2.24) is 9.80 Å². The van der Waals surface area contributed by atoms with Crippen molar-refractivity contribution in [2.45, 2.75) is 45.4 Å². The average molecular weight is 503 g/mol. The second-order valence-electron chi connectivity index (χ2n) is 10.7. The minimum absolute atomic E-state index is 0.0327. The number of amides is 2. The highest BCUT2D eigenvalue weighted by Crippen LogP contribution is 2.42. The topological polar surface area (TPSA) is 59.1 Å². The Labute approximate surface area is 220 Å². The van der Waals surface area contributed by atoms with Crippen molar-refractivity contribution in [3.8, 4) is 11.5 Å². The Morgan fingerprint density at radius 2 is 1.73 bits per heavy atom. The highest BCUT2D eigenvalue weighted by molar-refractivity contribution is 5.92. The minimum Gasteiger partial charge on any atom is -0.496 e. The first-order chi connectivity index (χ1) is 18.0. The molecule has 2 aromatic carbocycles. The van der Waals surface area contributed by atoms with Crippen LogP contribution in [-0.4, -0.2) is 61.5 Å². The molecule has 37 heavy (non-hydrogen) atoms. The van der Waals surface area contributed by atoms with E-state index in [0.29, 0.717) is 12.5 Å². The van der Waals surface area contributed by atoms with Crippen LogP contribution in [0.25, 0.3) is 6.08 Å². The van der Waals surface area contributed by atoms with Gasteiger partial charge in [0, 0.05) is 43.7 Å². The van der Waals surface area contributed by atoms with E-state index in [0.717, 1.165) is 81.8 Å². The van der Waals surface area contributed by atoms with E-state index < -0.39 is 0 Å². The van der Waals surface area contributed by atoms with Gasteiger partial charge in [-0.15, -0.1) is 0 Å². The summed E-state index contributed by atoms with van der Waals surface area (Å²) in [5, 5.41) is 0. The lowest BCUT2D eigenvalue weighted by Crippen LogP contribution is -2.45. The SMILES string of the molecule is CCOc1ccccc1C=CC(=O)N1CCC2(CC1)CCN(C(=O)C1CCc3cccc(OC)c3C1)C2. The Balaban J connectivity index is 1.15. The van der Waals surface area contributed by atoms with E-state index in [4.69, 9.17) is 9.47 Å². The highest BCUT2D eigenvalue weighted by Gasteiger charge is 2.44. The van der Waals surface area contributed by atoms with Gasteiger partial charge in [-0.2, -0.15) is 0 Å². The third-order valence-electron chi connectivity index (χ3n) is 8.52. The molecule has 2 aliphatic heterocycles. The number of methoxy groups -OCH3 is 1. The van der Waals surface area contributed by atoms with Crippen molar-refractivity contribution in [2.24, 2.45) is 11.3 Å². The normalized spacial score (nSPS) is 20.8. The number of carbonyl (C=O) groups is 2. The zero-order valence-electron chi connectivity index (χ0n) is 22.1. The maximum Gasteiger partial charge on any atom is 0.246 e. The lowest BCUT2D eigenvalue weighted by atomic mass is 9.77. The molecule has 2 heterocycles. The quantitative estimate of drug-likeness (QED) is 0.535. The second kappa shape index (κ2) is 11.0. The molecule has 2 aromatic rings. The van der Waals surface area contributed by atoms with Crippen LogP contribution in [0.5, 0.6) is 11.5 Å². The number of rotatable bonds is 6. The van der Waals surface area contributed by atoms with Crippen LogP contribution in [0.1, 0.15) is 49.3 Å². The van der Waals surface area contributed by atoms with Gasteiger partial charge in [0.15, 0.2) is 0 Å². The molecule has 196 valence electrons. The van der Waals surface area contributed by atoms with Gasteiger partial charge >= 0.3 is 0 Å². The molecule has 1 aliphatic carbocycles. The summed E-state index contributed by atoms with van der Waals surface area (Å²) < 4.78 is 11.2. The second-order valence-corrected chi connectivity index (χ2v) is 10.7. The predicted octanol–water partition coefficient (Wildman–Crippen LogP) is 4.75. The molecule has 0 radical (unpaired) electrons. The molecule has 1 spiro atoms. The van der Waals surface area contributed by atoms with Crippen LogP contribution in [0.3, 0.4) is 0 Å². The van der Waals surface area contributed by atoms with Crippen LogP contribution in [0.2, 0.25) is 0 Å². The number of carbonyl (C=O) groups excluding carboxylic acids is 2. The van der Waals surface area contributed by atoms with Crippen molar-refractivity contribution in [3.05, 3.63) is 65.2 Å². The Hall–Kier alpha value is -3.28. The van der Waals surface area contributed by atoms with E-state index in [-0.39, 0.29) is 17.2 Å². The smallest absolute Gasteiger partial charge is 0.246 e. The maximum atomic E-state index is 13.5. The van der Waals surface area contributed by atoms with Gasteiger partial charge in [0.05, 0.1) is 13.7 Å². The fraction of sp³-hybridized carbons (Fsp3) is 0.484. The molecule has 0 saturated carbocycles. The first-order valence-electron chi connectivity index (χ1n) is 13.6. The third-order valence-corrected chi connectivity index (χ3v) is 8.52. The predicted molar refractivity (Wildman–Crippen MR) is 145 cm³/mol. The number of hydrogen-bond acceptors (Lipinski definition) is 4. The van der Waals surface area contributed by atoms with Gasteiger partial charge in [0.1, 0.15) is 11.5 Å². The van der Waals surface area contributed by atoms with Crippen molar-refractivity contribution in [2.75, 3.05) is 39.9 Å². The maximum absolute atomic E-state index is 13.5. The first-order valence-corrected chi connectivity index (χ1v) is 13.6. The number of aryl methyl sites for hydroxylation is 1. The van der Waals surface area contributed by atoms with Crippen LogP contribution in [0.4, 0.5) is 0 Å². The zero-order chi connectivity index (χ0) is 25.8. The summed E-state index contributed by atoms with van der Waals surface area (Å²) in [5.74, 6) is 2.07. The molecule has 0 aromatic heterocycles. The molecular formula is C31H38N2O4. The molecule has 3 aliphatic rings. The van der Waals surface area contributed by atoms with E-state index in [9.17, 15) is 9.59 Å². The van der Waals surface area contributed by atoms with Crippen molar-refractivity contribution in [3.63, 3.8) is 0 Å². The van der Waals surface area contributed by atoms with Crippen LogP contribution >= 0.6 is 0 Å². The van der Waals surface area contributed by atoms with Crippen molar-refractivity contribution >= 4 is 17.9 Å². The summed E-state index contributed by atoms with van der Waals surface area (Å²) >= 11 is 0. The standard InChI is InChI=1S/C31H38N2O4/c1-3-37-27-9-5-4-7-24(27)13-14-29(34)32-18-15-31(16-19-32)17-20-33(22-31)30(35)25-12-11-23-8-6-10-28(36-2)26(23)21-25/h4-10,13-14,25H,3,11-12,15-22H2,1-2H3. The van der Waals surface area contributed by atoms with Crippen molar-refractivity contribution < 1.29 is 19.1 Å². The van der Waals surface area contributed by atoms with Gasteiger partial charge in [-0.05, 0) is 80.2 Å². The van der Waals surface area contributed by atoms with Crippen LogP contribution < -0.4 is 9.47 Å². The summed E-state index contributed by atoms with van der Waals surface area (Å²) in [6.07, 6.45) is 9.06. The Morgan fingerprint density at radius 3 is 2.49 bits per heavy atom. The van der Waals surface area contributed by atoms with Crippen LogP contribution in [0, 0.1) is 11.3 Å². The van der Waals surface area contributed by atoms with Gasteiger partial charge in [0.2, 0.25) is 11.8 Å². The largest absolute Gasteiger partial charge is 0.496 e. The van der Waals surface area contributed by atoms with Crippen LogP contribution in [0.15, 0.2) is 48.5 Å². The van der Waals surface area contributed by atoms with E-state index in [1.807, 2.05) is 54.3 Å². The first kappa shape index (κ1) is 25.4. The number of fused-ring (bicyclic) bond motifs is 1. The van der Waals surface area contributed by atoms with Gasteiger partial charge in [0.25, 0.3) is 0 Å². The molecule has 2 fully saturated rings. The molecule has 0 bridgehead atoms. The number of nitrogens with zero attached hydrogens (tertiary/aromatic N) is 2. The fourth-order valence-corrected chi connectivity index (χ4v) is 6.32. The summed E-state index contributed by atoms with van der Waals surface area (Å²) in [4.78, 5) is 30.5. The Kier molecular flexibility index (Phi) is 7.54. The number of piperidine rings is 1. The van der Waals surface area contributed by atoms with Crippen molar-refractivity contribution in [1.29, 1.82) is 0 Å². The van der Waals surface area contributed by atoms with Gasteiger partial charge in [-0.25, -0.2) is 0 Å². The molecular weight excluding hydrogens is 464 g/mol. The molecule has 1 unspecified atom stereocenters. The lowest BCUT2D eigenvalue weighted by Gasteiger charge is -2.39. The molecule has 6 nitrogen and oxygen atoms in total. The van der Waals surface area contributed by atoms with E-state index >= 15 is 0 Å². The molecule has 1 atom stereocenters. The Morgan fingerprint density at radius 1 is 1.00 bits per heavy atom. The monoisotopic (exact) mass is 502 g/mol. The fourth-order valence-electron chi connectivity index (χ4n) is 6.32. The molecule has 2 amide bonds. The summed E-state index contributed by atoms with van der Waals surface area (Å²) in [7, 11) is 1.71. The summed E-state index contributed by atoms with van der Waals surface area (Å²) in [6, 6.07) is 14.0.